The van der Waals surface area contributed by atoms with Crippen LogP contribution in [-0.2, 0) is 0 Å². The Morgan fingerprint density at radius 1 is 1.00 bits per heavy atom. The Kier molecular flexibility index (Phi) is 3.49. The minimum atomic E-state index is 0.152. The molecule has 0 bridgehead atoms. The highest BCUT2D eigenvalue weighted by atomic mass is 16.5. The molecule has 15 heavy (non-hydrogen) atoms. The van der Waals surface area contributed by atoms with Crippen molar-refractivity contribution < 1.29 is 0 Å². The molecule has 0 aromatic rings. The zero-order valence-corrected chi connectivity index (χ0v) is 11.0. The highest BCUT2D eigenvalue weighted by Gasteiger charge is 2.38. The van der Waals surface area contributed by atoms with Gasteiger partial charge in [-0.2, -0.15) is 0 Å². The molecule has 1 rings (SSSR count). The summed E-state index contributed by atoms with van der Waals surface area (Å²) < 4.78 is 0. The Labute approximate surface area is 94.0 Å². The van der Waals surface area contributed by atoms with E-state index in [0.717, 1.165) is 6.54 Å². The highest BCUT2D eigenvalue weighted by Crippen LogP contribution is 2.32. The summed E-state index contributed by atoms with van der Waals surface area (Å²) in [4.78, 5) is 2.47. The lowest BCUT2D eigenvalue weighted by Crippen LogP contribution is -2.62. The van der Waals surface area contributed by atoms with E-state index < -0.39 is 0 Å². The maximum atomic E-state index is 11.5. The van der Waals surface area contributed by atoms with E-state index in [1.807, 2.05) is 0 Å². The van der Waals surface area contributed by atoms with Crippen LogP contribution in [0.1, 0.15) is 41.5 Å². The third-order valence-corrected chi connectivity index (χ3v) is 3.20. The Morgan fingerprint density at radius 2 is 1.53 bits per heavy atom. The Morgan fingerprint density at radius 3 is 1.93 bits per heavy atom. The molecule has 3 nitrogen and oxygen atoms in total. The highest BCUT2D eigenvalue weighted by molar-refractivity contribution is 4.95. The molecule has 0 aromatic heterocycles. The van der Waals surface area contributed by atoms with Crippen molar-refractivity contribution in [2.24, 2.45) is 5.41 Å². The fourth-order valence-corrected chi connectivity index (χ4v) is 2.30. The molecule has 1 atom stereocenters. The summed E-state index contributed by atoms with van der Waals surface area (Å²) in [5, 5.41) is 12.7. The smallest absolute Gasteiger partial charge is 0.0268 e. The molecule has 1 heterocycles. The number of hydrogen-bond acceptors (Lipinski definition) is 3. The van der Waals surface area contributed by atoms with Crippen LogP contribution in [0.4, 0.5) is 0 Å². The first kappa shape index (κ1) is 12.9. The Balaban J connectivity index is 2.85. The lowest BCUT2D eigenvalue weighted by atomic mass is 9.82. The summed E-state index contributed by atoms with van der Waals surface area (Å²) in [6.45, 7) is 15.5. The Bertz CT molecular complexity index is 215. The van der Waals surface area contributed by atoms with Crippen LogP contribution in [0.2, 0.25) is 0 Å². The van der Waals surface area contributed by atoms with E-state index in [9.17, 15) is 5.21 Å². The molecular weight excluding hydrogens is 188 g/mol. The van der Waals surface area contributed by atoms with Gasteiger partial charge in [-0.3, -0.25) is 4.90 Å². The first-order chi connectivity index (χ1) is 6.62. The van der Waals surface area contributed by atoms with Gasteiger partial charge in [0.15, 0.2) is 0 Å². The largest absolute Gasteiger partial charge is 0.785 e. The second kappa shape index (κ2) is 4.04. The summed E-state index contributed by atoms with van der Waals surface area (Å²) in [6, 6.07) is 0.351. The van der Waals surface area contributed by atoms with Crippen molar-refractivity contribution in [1.82, 2.24) is 9.96 Å². The molecule has 1 aliphatic heterocycles. The molecule has 3 heteroatoms. The second-order valence-electron chi connectivity index (χ2n) is 6.63. The molecule has 0 radical (unpaired) electrons. The molecular formula is C12H25N2O-. The molecule has 1 unspecified atom stereocenters. The SMILES string of the molecule is CC(C)(C)C1CN([O-])CCN1C(C)(C)C. The van der Waals surface area contributed by atoms with Crippen molar-refractivity contribution >= 4 is 0 Å². The molecule has 1 fully saturated rings. The van der Waals surface area contributed by atoms with Crippen LogP contribution in [0.3, 0.4) is 0 Å². The van der Waals surface area contributed by atoms with Crippen molar-refractivity contribution in [3.63, 3.8) is 0 Å². The maximum Gasteiger partial charge on any atom is 0.0268 e. The lowest BCUT2D eigenvalue weighted by Gasteiger charge is -2.54. The molecule has 1 saturated heterocycles. The number of rotatable bonds is 0. The van der Waals surface area contributed by atoms with Crippen LogP contribution in [0, 0.1) is 10.6 Å². The normalized spacial score (nSPS) is 27.0. The van der Waals surface area contributed by atoms with Crippen LogP contribution in [0.25, 0.3) is 0 Å². The van der Waals surface area contributed by atoms with Crippen LogP contribution < -0.4 is 0 Å². The van der Waals surface area contributed by atoms with Gasteiger partial charge in [-0.1, -0.05) is 20.8 Å². The van der Waals surface area contributed by atoms with Gasteiger partial charge >= 0.3 is 0 Å². The summed E-state index contributed by atoms with van der Waals surface area (Å²) >= 11 is 0. The molecule has 0 aliphatic carbocycles. The number of hydrogen-bond donors (Lipinski definition) is 0. The van der Waals surface area contributed by atoms with E-state index in [-0.39, 0.29) is 11.0 Å². The Hall–Kier alpha value is -0.120. The van der Waals surface area contributed by atoms with Gasteiger partial charge in [-0.15, -0.1) is 0 Å². The number of nitrogens with zero attached hydrogens (tertiary/aromatic N) is 2. The van der Waals surface area contributed by atoms with Crippen molar-refractivity contribution in [3.05, 3.63) is 5.21 Å². The average Bonchev–Trinajstić information content (AvgIpc) is 2.00. The standard InChI is InChI=1S/C12H25N2O/c1-11(2,3)10-9-13(15)7-8-14(10)12(4,5)6/h10H,7-9H2,1-6H3/q-1. The molecule has 90 valence electrons. The fourth-order valence-electron chi connectivity index (χ4n) is 2.30. The van der Waals surface area contributed by atoms with E-state index in [1.54, 1.807) is 0 Å². The van der Waals surface area contributed by atoms with Gasteiger partial charge in [-0.05, 0) is 32.7 Å². The van der Waals surface area contributed by atoms with Gasteiger partial charge in [0.05, 0.1) is 0 Å². The third kappa shape index (κ3) is 3.16. The summed E-state index contributed by atoms with van der Waals surface area (Å²) in [5.41, 5.74) is 0.315. The van der Waals surface area contributed by atoms with Crippen LogP contribution in [0.5, 0.6) is 0 Å². The van der Waals surface area contributed by atoms with Crippen molar-refractivity contribution in [2.75, 3.05) is 19.6 Å². The summed E-state index contributed by atoms with van der Waals surface area (Å²) in [5.74, 6) is 0. The maximum absolute atomic E-state index is 11.5. The predicted molar refractivity (Wildman–Crippen MR) is 64.6 cm³/mol. The van der Waals surface area contributed by atoms with Crippen LogP contribution >= 0.6 is 0 Å². The van der Waals surface area contributed by atoms with E-state index in [1.165, 1.54) is 5.06 Å². The lowest BCUT2D eigenvalue weighted by molar-refractivity contribution is -0.0242. The van der Waals surface area contributed by atoms with Gasteiger partial charge in [0, 0.05) is 24.7 Å². The zero-order chi connectivity index (χ0) is 11.9. The van der Waals surface area contributed by atoms with Crippen molar-refractivity contribution in [1.29, 1.82) is 0 Å². The van der Waals surface area contributed by atoms with E-state index in [2.05, 4.69) is 46.4 Å². The third-order valence-electron chi connectivity index (χ3n) is 3.20. The quantitative estimate of drug-likeness (QED) is 0.618. The van der Waals surface area contributed by atoms with E-state index in [0.29, 0.717) is 19.1 Å². The molecule has 0 spiro atoms. The van der Waals surface area contributed by atoms with Gasteiger partial charge in [0.2, 0.25) is 0 Å². The number of hydroxylamine groups is 2. The van der Waals surface area contributed by atoms with Gasteiger partial charge in [-0.25, -0.2) is 0 Å². The minimum absolute atomic E-state index is 0.152. The van der Waals surface area contributed by atoms with Crippen LogP contribution in [0.15, 0.2) is 0 Å². The van der Waals surface area contributed by atoms with Gasteiger partial charge < -0.3 is 10.3 Å². The first-order valence-electron chi connectivity index (χ1n) is 5.81. The summed E-state index contributed by atoms with van der Waals surface area (Å²) in [7, 11) is 0. The average molecular weight is 213 g/mol. The molecule has 0 N–H and O–H groups in total. The molecule has 0 aromatic carbocycles. The molecule has 0 amide bonds. The monoisotopic (exact) mass is 213 g/mol. The second-order valence-corrected chi connectivity index (χ2v) is 6.63. The summed E-state index contributed by atoms with van der Waals surface area (Å²) in [6.07, 6.45) is 0. The fraction of sp³-hybridized carbons (Fsp3) is 1.00. The number of piperazine rings is 1. The predicted octanol–water partition coefficient (Wildman–Crippen LogP) is 2.32. The zero-order valence-electron chi connectivity index (χ0n) is 11.0. The van der Waals surface area contributed by atoms with Crippen LogP contribution in [-0.4, -0.2) is 41.2 Å². The minimum Gasteiger partial charge on any atom is -0.785 e. The van der Waals surface area contributed by atoms with E-state index in [4.69, 9.17) is 0 Å². The van der Waals surface area contributed by atoms with E-state index >= 15 is 0 Å². The van der Waals surface area contributed by atoms with Gasteiger partial charge in [0.1, 0.15) is 0 Å². The topological polar surface area (TPSA) is 29.5 Å². The molecule has 1 aliphatic rings. The molecule has 0 saturated carbocycles. The van der Waals surface area contributed by atoms with Crippen molar-refractivity contribution in [2.45, 2.75) is 53.1 Å². The van der Waals surface area contributed by atoms with Crippen molar-refractivity contribution in [3.8, 4) is 0 Å². The first-order valence-corrected chi connectivity index (χ1v) is 5.81. The van der Waals surface area contributed by atoms with Gasteiger partial charge in [0.25, 0.3) is 0 Å².